The predicted molar refractivity (Wildman–Crippen MR) is 57.1 cm³/mol. The van der Waals surface area contributed by atoms with Crippen molar-refractivity contribution in [2.24, 2.45) is 0 Å². The Bertz CT molecular complexity index is 386. The number of esters is 1. The first-order valence-electron chi connectivity index (χ1n) is 5.28. The Hall–Kier alpha value is -1.55. The van der Waals surface area contributed by atoms with E-state index in [9.17, 15) is 9.90 Å². The summed E-state index contributed by atoms with van der Waals surface area (Å²) in [6.07, 6.45) is -0.471. The zero-order valence-corrected chi connectivity index (χ0v) is 9.05. The van der Waals surface area contributed by atoms with Crippen molar-refractivity contribution in [3.05, 3.63) is 29.8 Å². The average molecular weight is 222 g/mol. The third kappa shape index (κ3) is 2.33. The molecule has 4 nitrogen and oxygen atoms in total. The van der Waals surface area contributed by atoms with E-state index in [4.69, 9.17) is 9.47 Å². The molecule has 1 saturated heterocycles. The summed E-state index contributed by atoms with van der Waals surface area (Å²) in [4.78, 5) is 11.2. The maximum Gasteiger partial charge on any atom is 0.347 e. The Morgan fingerprint density at radius 3 is 3.00 bits per heavy atom. The van der Waals surface area contributed by atoms with Crippen molar-refractivity contribution < 1.29 is 19.4 Å². The number of aliphatic hydroxyl groups excluding tert-OH is 1. The number of benzene rings is 1. The van der Waals surface area contributed by atoms with E-state index in [1.165, 1.54) is 0 Å². The number of aliphatic hydroxyl groups is 1. The van der Waals surface area contributed by atoms with E-state index >= 15 is 0 Å². The van der Waals surface area contributed by atoms with Crippen LogP contribution in [0.2, 0.25) is 0 Å². The van der Waals surface area contributed by atoms with Crippen molar-refractivity contribution in [1.29, 1.82) is 0 Å². The van der Waals surface area contributed by atoms with Gasteiger partial charge in [-0.3, -0.25) is 0 Å². The van der Waals surface area contributed by atoms with Crippen molar-refractivity contribution >= 4 is 5.97 Å². The third-order valence-electron chi connectivity index (χ3n) is 2.51. The van der Waals surface area contributed by atoms with E-state index in [1.807, 2.05) is 6.07 Å². The van der Waals surface area contributed by atoms with Crippen LogP contribution in [0.4, 0.5) is 0 Å². The predicted octanol–water partition coefficient (Wildman–Crippen LogP) is 1.43. The molecule has 1 heterocycles. The average Bonchev–Trinajstić information content (AvgIpc) is 2.65. The highest BCUT2D eigenvalue weighted by Gasteiger charge is 2.28. The normalized spacial score (nSPS) is 21.6. The Kier molecular flexibility index (Phi) is 3.10. The first kappa shape index (κ1) is 11.0. The molecule has 2 rings (SSSR count). The zero-order valence-electron chi connectivity index (χ0n) is 9.05. The zero-order chi connectivity index (χ0) is 11.5. The van der Waals surface area contributed by atoms with Gasteiger partial charge in [-0.25, -0.2) is 4.79 Å². The molecular formula is C12H14O4. The van der Waals surface area contributed by atoms with Gasteiger partial charge < -0.3 is 14.6 Å². The first-order valence-corrected chi connectivity index (χ1v) is 5.28. The molecule has 1 aliphatic heterocycles. The molecule has 1 N–H and O–H groups in total. The van der Waals surface area contributed by atoms with Crippen molar-refractivity contribution in [3.63, 3.8) is 0 Å². The topological polar surface area (TPSA) is 55.8 Å². The van der Waals surface area contributed by atoms with Gasteiger partial charge in [0.25, 0.3) is 0 Å². The Morgan fingerprint density at radius 2 is 2.38 bits per heavy atom. The summed E-state index contributed by atoms with van der Waals surface area (Å²) < 4.78 is 10.3. The summed E-state index contributed by atoms with van der Waals surface area (Å²) in [5, 5.41) is 9.41. The fourth-order valence-electron chi connectivity index (χ4n) is 1.60. The highest BCUT2D eigenvalue weighted by molar-refractivity contribution is 5.76. The smallest absolute Gasteiger partial charge is 0.347 e. The van der Waals surface area contributed by atoms with Crippen LogP contribution < -0.4 is 4.74 Å². The van der Waals surface area contributed by atoms with Gasteiger partial charge in [0.05, 0.1) is 12.7 Å². The number of hydrogen-bond acceptors (Lipinski definition) is 4. The van der Waals surface area contributed by atoms with Gasteiger partial charge in [0.1, 0.15) is 5.75 Å². The van der Waals surface area contributed by atoms with Crippen molar-refractivity contribution in [2.45, 2.75) is 25.6 Å². The van der Waals surface area contributed by atoms with Crippen LogP contribution in [0.5, 0.6) is 5.75 Å². The number of ether oxygens (including phenoxy) is 2. The van der Waals surface area contributed by atoms with Crippen LogP contribution in [0.1, 0.15) is 25.0 Å². The van der Waals surface area contributed by atoms with Gasteiger partial charge in [0, 0.05) is 6.42 Å². The maximum atomic E-state index is 11.2. The summed E-state index contributed by atoms with van der Waals surface area (Å²) in [6, 6.07) is 7.09. The van der Waals surface area contributed by atoms with Gasteiger partial charge in [0.2, 0.25) is 0 Å². The van der Waals surface area contributed by atoms with E-state index < -0.39 is 12.2 Å². The van der Waals surface area contributed by atoms with E-state index in [1.54, 1.807) is 25.1 Å². The maximum absolute atomic E-state index is 11.2. The molecule has 0 radical (unpaired) electrons. The molecule has 0 saturated carbocycles. The fourth-order valence-corrected chi connectivity index (χ4v) is 1.60. The molecule has 86 valence electrons. The van der Waals surface area contributed by atoms with Gasteiger partial charge in [0.15, 0.2) is 6.10 Å². The van der Waals surface area contributed by atoms with Crippen molar-refractivity contribution in [2.75, 3.05) is 6.61 Å². The molecule has 1 fully saturated rings. The lowest BCUT2D eigenvalue weighted by Crippen LogP contribution is -2.21. The molecule has 0 spiro atoms. The van der Waals surface area contributed by atoms with Crippen LogP contribution in [-0.2, 0) is 9.53 Å². The molecule has 0 bridgehead atoms. The monoisotopic (exact) mass is 222 g/mol. The van der Waals surface area contributed by atoms with Gasteiger partial charge in [-0.15, -0.1) is 0 Å². The van der Waals surface area contributed by atoms with E-state index in [2.05, 4.69) is 0 Å². The molecule has 0 aromatic heterocycles. The molecule has 0 aliphatic carbocycles. The summed E-state index contributed by atoms with van der Waals surface area (Å²) in [5.41, 5.74) is 0.767. The van der Waals surface area contributed by atoms with E-state index in [0.717, 1.165) is 5.56 Å². The van der Waals surface area contributed by atoms with Gasteiger partial charge >= 0.3 is 5.97 Å². The number of carbonyl (C=O) groups excluding carboxylic acids is 1. The van der Waals surface area contributed by atoms with Crippen LogP contribution in [0.25, 0.3) is 0 Å². The third-order valence-corrected chi connectivity index (χ3v) is 2.51. The SMILES string of the molecule is C[C@H](O)c1cccc(OC2CCOC2=O)c1. The summed E-state index contributed by atoms with van der Waals surface area (Å²) in [6.45, 7) is 2.10. The second-order valence-electron chi connectivity index (χ2n) is 3.81. The quantitative estimate of drug-likeness (QED) is 0.786. The van der Waals surface area contributed by atoms with Crippen LogP contribution in [0, 0.1) is 0 Å². The molecule has 0 amide bonds. The molecule has 1 aliphatic rings. The van der Waals surface area contributed by atoms with Gasteiger partial charge in [-0.1, -0.05) is 12.1 Å². The van der Waals surface area contributed by atoms with Gasteiger partial charge in [-0.05, 0) is 24.6 Å². The summed E-state index contributed by atoms with van der Waals surface area (Å²) in [7, 11) is 0. The molecule has 2 atom stereocenters. The lowest BCUT2D eigenvalue weighted by Gasteiger charge is -2.12. The Balaban J connectivity index is 2.09. The second kappa shape index (κ2) is 4.53. The molecule has 4 heteroatoms. The van der Waals surface area contributed by atoms with Crippen molar-refractivity contribution in [1.82, 2.24) is 0 Å². The Labute approximate surface area is 93.8 Å². The highest BCUT2D eigenvalue weighted by Crippen LogP contribution is 2.22. The Morgan fingerprint density at radius 1 is 1.56 bits per heavy atom. The molecule has 1 aromatic rings. The number of carbonyl (C=O) groups is 1. The minimum absolute atomic E-state index is 0.317. The minimum Gasteiger partial charge on any atom is -0.479 e. The molecule has 16 heavy (non-hydrogen) atoms. The number of cyclic esters (lactones) is 1. The van der Waals surface area contributed by atoms with Crippen LogP contribution in [0.3, 0.4) is 0 Å². The van der Waals surface area contributed by atoms with Gasteiger partial charge in [-0.2, -0.15) is 0 Å². The standard InChI is InChI=1S/C12H14O4/c1-8(13)9-3-2-4-10(7-9)16-11-5-6-15-12(11)14/h2-4,7-8,11,13H,5-6H2,1H3/t8-,11?/m0/s1. The largest absolute Gasteiger partial charge is 0.479 e. The fraction of sp³-hybridized carbons (Fsp3) is 0.417. The second-order valence-corrected chi connectivity index (χ2v) is 3.81. The molecule has 1 unspecified atom stereocenters. The summed E-state index contributed by atoms with van der Waals surface area (Å²) in [5.74, 6) is 0.268. The number of hydrogen-bond donors (Lipinski definition) is 1. The van der Waals surface area contributed by atoms with Crippen molar-refractivity contribution in [3.8, 4) is 5.75 Å². The lowest BCUT2D eigenvalue weighted by atomic mass is 10.1. The minimum atomic E-state index is -0.543. The lowest BCUT2D eigenvalue weighted by molar-refractivity contribution is -0.143. The molecule has 1 aromatic carbocycles. The van der Waals surface area contributed by atoms with E-state index in [0.29, 0.717) is 18.8 Å². The van der Waals surface area contributed by atoms with Crippen LogP contribution in [-0.4, -0.2) is 23.8 Å². The number of rotatable bonds is 3. The first-order chi connectivity index (χ1) is 7.66. The summed E-state index contributed by atoms with van der Waals surface area (Å²) >= 11 is 0. The molecular weight excluding hydrogens is 208 g/mol. The van der Waals surface area contributed by atoms with Crippen LogP contribution >= 0.6 is 0 Å². The van der Waals surface area contributed by atoms with Crippen LogP contribution in [0.15, 0.2) is 24.3 Å². The van der Waals surface area contributed by atoms with E-state index in [-0.39, 0.29) is 5.97 Å². The highest BCUT2D eigenvalue weighted by atomic mass is 16.6.